The maximum absolute atomic E-state index is 9.68. The van der Waals surface area contributed by atoms with E-state index in [-0.39, 0.29) is 0 Å². The van der Waals surface area contributed by atoms with Crippen LogP contribution in [0.2, 0.25) is 0 Å². The first-order chi connectivity index (χ1) is 7.95. The van der Waals surface area contributed by atoms with Crippen LogP contribution in [0.4, 0.5) is 0 Å². The van der Waals surface area contributed by atoms with E-state index in [0.29, 0.717) is 18.7 Å². The first-order valence-corrected chi connectivity index (χ1v) is 6.28. The summed E-state index contributed by atoms with van der Waals surface area (Å²) in [5.74, 6) is 0.645. The molecule has 17 heavy (non-hydrogen) atoms. The van der Waals surface area contributed by atoms with Crippen LogP contribution in [0.15, 0.2) is 12.4 Å². The summed E-state index contributed by atoms with van der Waals surface area (Å²) in [5.41, 5.74) is 6.03. The zero-order valence-electron chi connectivity index (χ0n) is 11.2. The molecule has 1 heterocycles. The van der Waals surface area contributed by atoms with Gasteiger partial charge in [-0.3, -0.25) is 0 Å². The minimum absolute atomic E-state index is 0.532. The van der Waals surface area contributed by atoms with Crippen molar-refractivity contribution in [1.29, 1.82) is 0 Å². The smallest absolute Gasteiger partial charge is 0.148 e. The van der Waals surface area contributed by atoms with E-state index in [2.05, 4.69) is 16.9 Å². The second kappa shape index (κ2) is 5.10. The minimum atomic E-state index is -0.651. The van der Waals surface area contributed by atoms with Crippen molar-refractivity contribution in [2.75, 3.05) is 0 Å². The molecule has 0 saturated heterocycles. The van der Waals surface area contributed by atoms with Crippen LogP contribution in [0.3, 0.4) is 0 Å². The Balaban J connectivity index is 0.000000686. The Bertz CT molecular complexity index is 351. The number of aryl methyl sites for hydroxylation is 1. The fourth-order valence-electron chi connectivity index (χ4n) is 2.26. The highest BCUT2D eigenvalue weighted by Gasteiger charge is 2.51. The lowest BCUT2D eigenvalue weighted by Gasteiger charge is -2.48. The molecule has 4 nitrogen and oxygen atoms in total. The van der Waals surface area contributed by atoms with Gasteiger partial charge in [0, 0.05) is 25.2 Å². The Morgan fingerprint density at radius 3 is 2.12 bits per heavy atom. The average molecular weight is 237 g/mol. The maximum atomic E-state index is 9.68. The van der Waals surface area contributed by atoms with E-state index < -0.39 is 11.1 Å². The predicted octanol–water partition coefficient (Wildman–Crippen LogP) is 1.76. The highest BCUT2D eigenvalue weighted by atomic mass is 16.3. The van der Waals surface area contributed by atoms with Gasteiger partial charge in [-0.15, -0.1) is 0 Å². The van der Waals surface area contributed by atoms with E-state index in [0.717, 1.165) is 12.0 Å². The fourth-order valence-corrected chi connectivity index (χ4v) is 2.26. The Labute approximate surface area is 103 Å². The highest BCUT2D eigenvalue weighted by Crippen LogP contribution is 2.44. The van der Waals surface area contributed by atoms with Crippen molar-refractivity contribution in [2.45, 2.75) is 58.1 Å². The normalized spacial score (nSPS) is 31.2. The summed E-state index contributed by atoms with van der Waals surface area (Å²) >= 11 is 0. The van der Waals surface area contributed by atoms with Gasteiger partial charge >= 0.3 is 0 Å². The highest BCUT2D eigenvalue weighted by molar-refractivity contribution is 5.18. The predicted molar refractivity (Wildman–Crippen MR) is 68.5 cm³/mol. The summed E-state index contributed by atoms with van der Waals surface area (Å²) in [6, 6.07) is 0. The fraction of sp³-hybridized carbons (Fsp3) is 0.692. The molecule has 0 radical (unpaired) electrons. The van der Waals surface area contributed by atoms with Gasteiger partial charge in [0.1, 0.15) is 5.82 Å². The summed E-state index contributed by atoms with van der Waals surface area (Å²) in [5, 5.41) is 9.68. The topological polar surface area (TPSA) is 72.0 Å². The molecule has 2 rings (SSSR count). The lowest BCUT2D eigenvalue weighted by molar-refractivity contribution is -0.0769. The Morgan fingerprint density at radius 2 is 1.76 bits per heavy atom. The third kappa shape index (κ3) is 3.01. The summed E-state index contributed by atoms with van der Waals surface area (Å²) in [6.07, 6.45) is 5.61. The van der Waals surface area contributed by atoms with Gasteiger partial charge in [-0.1, -0.05) is 20.8 Å². The second-order valence-corrected chi connectivity index (χ2v) is 4.78. The van der Waals surface area contributed by atoms with Crippen molar-refractivity contribution < 1.29 is 5.11 Å². The number of nitrogens with zero attached hydrogens (tertiary/aromatic N) is 2. The van der Waals surface area contributed by atoms with Gasteiger partial charge in [0.2, 0.25) is 0 Å². The molecule has 1 aromatic rings. The molecule has 0 atom stereocenters. The summed E-state index contributed by atoms with van der Waals surface area (Å²) in [4.78, 5) is 8.52. The van der Waals surface area contributed by atoms with Crippen LogP contribution < -0.4 is 5.73 Å². The van der Waals surface area contributed by atoms with E-state index >= 15 is 0 Å². The number of aromatic nitrogens is 2. The Kier molecular flexibility index (Phi) is 4.22. The van der Waals surface area contributed by atoms with E-state index in [1.165, 1.54) is 0 Å². The van der Waals surface area contributed by atoms with E-state index in [9.17, 15) is 5.11 Å². The molecule has 4 heteroatoms. The van der Waals surface area contributed by atoms with Crippen LogP contribution in [0, 0.1) is 0 Å². The van der Waals surface area contributed by atoms with Crippen LogP contribution in [-0.2, 0) is 12.0 Å². The van der Waals surface area contributed by atoms with Gasteiger partial charge in [0.15, 0.2) is 0 Å². The molecule has 0 bridgehead atoms. The van der Waals surface area contributed by atoms with Gasteiger partial charge in [-0.25, -0.2) is 9.97 Å². The standard InChI is InChI=1S/C11H17N3O.C2H6/c1-3-8-4-13-9(14-5-8)11(12)6-10(2,15)7-11;1-2/h4-5,15H,3,6-7,12H2,1-2H3;1-2H3. The third-order valence-corrected chi connectivity index (χ3v) is 2.95. The van der Waals surface area contributed by atoms with Crippen molar-refractivity contribution in [3.05, 3.63) is 23.8 Å². The average Bonchev–Trinajstić information content (AvgIpc) is 2.29. The summed E-state index contributed by atoms with van der Waals surface area (Å²) in [7, 11) is 0. The quantitative estimate of drug-likeness (QED) is 0.822. The lowest BCUT2D eigenvalue weighted by atomic mass is 9.66. The lowest BCUT2D eigenvalue weighted by Crippen LogP contribution is -2.59. The van der Waals surface area contributed by atoms with Gasteiger partial charge in [-0.05, 0) is 18.9 Å². The molecule has 0 unspecified atom stereocenters. The SMILES string of the molecule is CC.CCc1cnc(C2(N)CC(C)(O)C2)nc1. The Hall–Kier alpha value is -1.00. The van der Waals surface area contributed by atoms with Crippen molar-refractivity contribution in [3.63, 3.8) is 0 Å². The summed E-state index contributed by atoms with van der Waals surface area (Å²) < 4.78 is 0. The molecule has 96 valence electrons. The van der Waals surface area contributed by atoms with E-state index in [4.69, 9.17) is 5.73 Å². The largest absolute Gasteiger partial charge is 0.390 e. The molecule has 0 aromatic carbocycles. The molecule has 1 aromatic heterocycles. The van der Waals surface area contributed by atoms with E-state index in [1.54, 1.807) is 6.92 Å². The molecule has 1 saturated carbocycles. The molecule has 0 spiro atoms. The van der Waals surface area contributed by atoms with Crippen LogP contribution in [0.5, 0.6) is 0 Å². The molecular formula is C13H23N3O. The number of aliphatic hydroxyl groups is 1. The van der Waals surface area contributed by atoms with Crippen LogP contribution in [0.25, 0.3) is 0 Å². The number of rotatable bonds is 2. The van der Waals surface area contributed by atoms with Gasteiger partial charge < -0.3 is 10.8 Å². The minimum Gasteiger partial charge on any atom is -0.390 e. The monoisotopic (exact) mass is 237 g/mol. The molecule has 1 fully saturated rings. The molecule has 3 N–H and O–H groups in total. The summed E-state index contributed by atoms with van der Waals surface area (Å²) in [6.45, 7) is 7.85. The molecular weight excluding hydrogens is 214 g/mol. The van der Waals surface area contributed by atoms with Crippen molar-refractivity contribution in [1.82, 2.24) is 9.97 Å². The number of hydrogen-bond acceptors (Lipinski definition) is 4. The van der Waals surface area contributed by atoms with Gasteiger partial charge in [0.05, 0.1) is 11.1 Å². The first-order valence-electron chi connectivity index (χ1n) is 6.28. The molecule has 0 aliphatic heterocycles. The van der Waals surface area contributed by atoms with Crippen LogP contribution in [-0.4, -0.2) is 20.7 Å². The second-order valence-electron chi connectivity index (χ2n) is 4.78. The van der Waals surface area contributed by atoms with Crippen LogP contribution >= 0.6 is 0 Å². The molecule has 1 aliphatic rings. The van der Waals surface area contributed by atoms with Gasteiger partial charge in [0.25, 0.3) is 0 Å². The third-order valence-electron chi connectivity index (χ3n) is 2.95. The Morgan fingerprint density at radius 1 is 1.29 bits per heavy atom. The maximum Gasteiger partial charge on any atom is 0.148 e. The van der Waals surface area contributed by atoms with Crippen LogP contribution in [0.1, 0.15) is 51.9 Å². The van der Waals surface area contributed by atoms with Crippen molar-refractivity contribution in [3.8, 4) is 0 Å². The van der Waals surface area contributed by atoms with E-state index in [1.807, 2.05) is 26.2 Å². The first kappa shape index (κ1) is 14.1. The van der Waals surface area contributed by atoms with Gasteiger partial charge in [-0.2, -0.15) is 0 Å². The number of hydrogen-bond donors (Lipinski definition) is 2. The van der Waals surface area contributed by atoms with Crippen molar-refractivity contribution >= 4 is 0 Å². The zero-order valence-corrected chi connectivity index (χ0v) is 11.2. The zero-order chi connectivity index (χ0) is 13.1. The van der Waals surface area contributed by atoms with Crippen molar-refractivity contribution in [2.24, 2.45) is 5.73 Å². The molecule has 0 amide bonds. The number of nitrogens with two attached hydrogens (primary N) is 1. The molecule has 1 aliphatic carbocycles.